The van der Waals surface area contributed by atoms with Gasteiger partial charge in [-0.25, -0.2) is 0 Å². The lowest BCUT2D eigenvalue weighted by molar-refractivity contribution is 0.983. The molecule has 11 heavy (non-hydrogen) atoms. The number of hydrogen-bond acceptors (Lipinski definition) is 2. The third-order valence-electron chi connectivity index (χ3n) is 1.56. The van der Waals surface area contributed by atoms with E-state index >= 15 is 0 Å². The fraction of sp³-hybridized carbons (Fsp3) is 0.125. The Balaban J connectivity index is 2.46. The van der Waals surface area contributed by atoms with Crippen molar-refractivity contribution in [3.05, 3.63) is 35.4 Å². The van der Waals surface area contributed by atoms with Gasteiger partial charge in [-0.3, -0.25) is 4.98 Å². The van der Waals surface area contributed by atoms with Gasteiger partial charge in [0.25, 0.3) is 0 Å². The molecule has 3 nitrogen and oxygen atoms in total. The monoisotopic (exact) mass is 146 g/mol. The van der Waals surface area contributed by atoms with Crippen LogP contribution in [0.5, 0.6) is 0 Å². The van der Waals surface area contributed by atoms with E-state index in [1.165, 1.54) is 0 Å². The van der Waals surface area contributed by atoms with Crippen molar-refractivity contribution in [2.75, 3.05) is 0 Å². The van der Waals surface area contributed by atoms with Crippen LogP contribution in [-0.2, 0) is 0 Å². The Labute approximate surface area is 64.9 Å². The lowest BCUT2D eigenvalue weighted by Crippen LogP contribution is -2.16. The first kappa shape index (κ1) is 6.37. The van der Waals surface area contributed by atoms with Gasteiger partial charge in [-0.1, -0.05) is 18.3 Å². The van der Waals surface area contributed by atoms with Crippen molar-refractivity contribution in [1.82, 2.24) is 4.98 Å². The predicted molar refractivity (Wildman–Crippen MR) is 44.3 cm³/mol. The van der Waals surface area contributed by atoms with Crippen molar-refractivity contribution in [1.29, 1.82) is 0 Å². The summed E-state index contributed by atoms with van der Waals surface area (Å²) in [5.41, 5.74) is 7.34. The lowest BCUT2D eigenvalue weighted by Gasteiger charge is -2.31. The first-order valence-corrected chi connectivity index (χ1v) is 3.46. The molecule has 0 fully saturated rings. The topological polar surface area (TPSA) is 53.0 Å². The summed E-state index contributed by atoms with van der Waals surface area (Å²) in [7, 11) is 0. The first-order chi connectivity index (χ1) is 5.36. The van der Waals surface area contributed by atoms with E-state index in [-0.39, 0.29) is 6.17 Å². The summed E-state index contributed by atoms with van der Waals surface area (Å²) < 4.78 is 0. The Bertz CT molecular complexity index is 293. The Morgan fingerprint density at radius 3 is 3.36 bits per heavy atom. The van der Waals surface area contributed by atoms with Gasteiger partial charge in [-0.05, 0) is 12.1 Å². The molecule has 0 radical (unpaired) electrons. The van der Waals surface area contributed by atoms with E-state index < -0.39 is 0 Å². The summed E-state index contributed by atoms with van der Waals surface area (Å²) in [6.45, 7) is 0. The molecule has 0 spiro atoms. The van der Waals surface area contributed by atoms with Crippen LogP contribution in [0.25, 0.3) is 11.4 Å². The number of fused-ring (bicyclic) bond motifs is 1. The van der Waals surface area contributed by atoms with E-state index in [0.717, 1.165) is 11.4 Å². The zero-order chi connectivity index (χ0) is 7.68. The molecule has 2 heterocycles. The fourth-order valence-electron chi connectivity index (χ4n) is 1.04. The van der Waals surface area contributed by atoms with Crippen molar-refractivity contribution in [2.45, 2.75) is 6.17 Å². The average molecular weight is 146 g/mol. The lowest BCUT2D eigenvalue weighted by atomic mass is 10.2. The molecule has 1 aromatic rings. The highest BCUT2D eigenvalue weighted by molar-refractivity contribution is 5.70. The second-order valence-corrected chi connectivity index (χ2v) is 2.39. The maximum absolute atomic E-state index is 5.57. The molecule has 0 bridgehead atoms. The summed E-state index contributed by atoms with van der Waals surface area (Å²) in [5.74, 6) is 0. The van der Waals surface area contributed by atoms with Gasteiger partial charge in [-0.2, -0.15) is 0 Å². The van der Waals surface area contributed by atoms with Crippen LogP contribution in [0, 0.1) is 0 Å². The Morgan fingerprint density at radius 2 is 2.45 bits per heavy atom. The van der Waals surface area contributed by atoms with Crippen LogP contribution in [0.3, 0.4) is 0 Å². The number of nitrogens with zero attached hydrogens (tertiary/aromatic N) is 2. The van der Waals surface area contributed by atoms with E-state index in [1.807, 2.05) is 24.3 Å². The van der Waals surface area contributed by atoms with Gasteiger partial charge in [-0.15, -0.1) is 5.69 Å². The maximum Gasteiger partial charge on any atom is 0.0478 e. The Morgan fingerprint density at radius 1 is 1.55 bits per heavy atom. The van der Waals surface area contributed by atoms with Gasteiger partial charge in [0.2, 0.25) is 0 Å². The molecule has 1 atom stereocenters. The van der Waals surface area contributed by atoms with Crippen LogP contribution in [0.1, 0.15) is 5.69 Å². The normalized spacial score (nSPS) is 20.6. The van der Waals surface area contributed by atoms with E-state index in [9.17, 15) is 0 Å². The van der Waals surface area contributed by atoms with Crippen LogP contribution in [0.15, 0.2) is 24.4 Å². The van der Waals surface area contributed by atoms with Gasteiger partial charge in [0, 0.05) is 11.9 Å². The van der Waals surface area contributed by atoms with Crippen LogP contribution >= 0.6 is 0 Å². The zero-order valence-electron chi connectivity index (χ0n) is 5.94. The van der Waals surface area contributed by atoms with Gasteiger partial charge >= 0.3 is 0 Å². The highest BCUT2D eigenvalue weighted by Gasteiger charge is 1.96. The summed E-state index contributed by atoms with van der Waals surface area (Å²) >= 11 is 0. The molecular formula is C8H8N3-. The van der Waals surface area contributed by atoms with E-state index in [4.69, 9.17) is 5.73 Å². The molecule has 1 aromatic heterocycles. The van der Waals surface area contributed by atoms with E-state index in [0.29, 0.717) is 0 Å². The third kappa shape index (κ3) is 1.10. The molecule has 0 aromatic carbocycles. The Kier molecular flexibility index (Phi) is 1.36. The summed E-state index contributed by atoms with van der Waals surface area (Å²) in [6, 6.07) is 3.76. The SMILES string of the molecule is NC1C=Cc2ncccc2[N-]1. The molecular weight excluding hydrogens is 138 g/mol. The molecule has 3 heteroatoms. The van der Waals surface area contributed by atoms with Crippen LogP contribution < -0.4 is 5.73 Å². The van der Waals surface area contributed by atoms with Crippen molar-refractivity contribution >= 4 is 11.8 Å². The number of rotatable bonds is 0. The summed E-state index contributed by atoms with van der Waals surface area (Å²) in [6.07, 6.45) is 5.27. The number of pyridine rings is 1. The molecule has 1 aliphatic heterocycles. The third-order valence-corrected chi connectivity index (χ3v) is 1.56. The van der Waals surface area contributed by atoms with Gasteiger partial charge in [0.05, 0.1) is 0 Å². The standard InChI is InChI=1S/C8H8N3/c9-8-4-3-6-7(11-8)2-1-5-10-6/h1-5,8H,9H2/q-1. The minimum Gasteiger partial charge on any atom is -0.665 e. The average Bonchev–Trinajstić information content (AvgIpc) is 2.04. The van der Waals surface area contributed by atoms with E-state index in [2.05, 4.69) is 10.3 Å². The number of nitrogens with two attached hydrogens (primary N) is 1. The quantitative estimate of drug-likeness (QED) is 0.601. The van der Waals surface area contributed by atoms with Gasteiger partial charge in [0.1, 0.15) is 0 Å². The highest BCUT2D eigenvalue weighted by atomic mass is 15.0. The zero-order valence-corrected chi connectivity index (χ0v) is 5.94. The molecule has 56 valence electrons. The smallest absolute Gasteiger partial charge is 0.0478 e. The summed E-state index contributed by atoms with van der Waals surface area (Å²) in [5, 5.41) is 4.17. The minimum absolute atomic E-state index is 0.202. The van der Waals surface area contributed by atoms with Crippen LogP contribution in [0.4, 0.5) is 5.69 Å². The van der Waals surface area contributed by atoms with E-state index in [1.54, 1.807) is 6.20 Å². The van der Waals surface area contributed by atoms with Gasteiger partial charge < -0.3 is 11.1 Å². The maximum atomic E-state index is 5.57. The summed E-state index contributed by atoms with van der Waals surface area (Å²) in [4.78, 5) is 4.12. The molecule has 0 amide bonds. The molecule has 1 unspecified atom stereocenters. The largest absolute Gasteiger partial charge is 0.665 e. The molecule has 0 aliphatic carbocycles. The second kappa shape index (κ2) is 2.36. The molecule has 2 rings (SSSR count). The Hall–Kier alpha value is -1.35. The second-order valence-electron chi connectivity index (χ2n) is 2.39. The molecule has 0 saturated carbocycles. The highest BCUT2D eigenvalue weighted by Crippen LogP contribution is 2.28. The van der Waals surface area contributed by atoms with Gasteiger partial charge in [0.15, 0.2) is 0 Å². The van der Waals surface area contributed by atoms with Crippen LogP contribution in [-0.4, -0.2) is 11.1 Å². The fourth-order valence-corrected chi connectivity index (χ4v) is 1.04. The molecule has 1 aliphatic rings. The molecule has 0 saturated heterocycles. The first-order valence-electron chi connectivity index (χ1n) is 3.46. The van der Waals surface area contributed by atoms with Crippen LogP contribution in [0.2, 0.25) is 0 Å². The van der Waals surface area contributed by atoms with Crippen molar-refractivity contribution in [3.63, 3.8) is 0 Å². The minimum atomic E-state index is -0.202. The van der Waals surface area contributed by atoms with Crippen molar-refractivity contribution in [2.24, 2.45) is 5.73 Å². The number of aromatic nitrogens is 1. The van der Waals surface area contributed by atoms with Crippen molar-refractivity contribution in [3.8, 4) is 0 Å². The van der Waals surface area contributed by atoms with Crippen molar-refractivity contribution < 1.29 is 0 Å². The predicted octanol–water partition coefficient (Wildman–Crippen LogP) is 1.40. The molecule has 2 N–H and O–H groups in total. The number of hydrogen-bond donors (Lipinski definition) is 1.